The van der Waals surface area contributed by atoms with Crippen molar-refractivity contribution in [2.24, 2.45) is 0 Å². The number of para-hydroxylation sites is 2. The predicted octanol–water partition coefficient (Wildman–Crippen LogP) is 4.27. The summed E-state index contributed by atoms with van der Waals surface area (Å²) in [6, 6.07) is 25.3. The van der Waals surface area contributed by atoms with Crippen LogP contribution in [0.4, 0.5) is 0 Å². The highest BCUT2D eigenvalue weighted by Crippen LogP contribution is 2.28. The first-order valence-corrected chi connectivity index (χ1v) is 11.1. The number of nitrogens with zero attached hydrogens (tertiary/aromatic N) is 1. The zero-order valence-corrected chi connectivity index (χ0v) is 18.1. The van der Waals surface area contributed by atoms with Gasteiger partial charge < -0.3 is 15.0 Å². The summed E-state index contributed by atoms with van der Waals surface area (Å²) in [4.78, 5) is 26.5. The fraction of sp³-hybridized carbons (Fsp3) is 0.259. The number of carbonyl (C=O) groups excluding carboxylic acids is 2. The van der Waals surface area contributed by atoms with Gasteiger partial charge in [-0.25, -0.2) is 0 Å². The average Bonchev–Trinajstić information content (AvgIpc) is 2.84. The molecule has 0 bridgehead atoms. The van der Waals surface area contributed by atoms with Crippen molar-refractivity contribution in [2.45, 2.75) is 25.3 Å². The quantitative estimate of drug-likeness (QED) is 0.545. The molecule has 0 spiro atoms. The van der Waals surface area contributed by atoms with Crippen LogP contribution < -0.4 is 10.1 Å². The number of aryl methyl sites for hydroxylation is 1. The molecule has 3 aromatic rings. The molecule has 0 radical (unpaired) electrons. The third-order valence-electron chi connectivity index (χ3n) is 5.83. The number of nitrogens with one attached hydrogen (secondary N) is 1. The summed E-state index contributed by atoms with van der Waals surface area (Å²) in [5.74, 6) is 1.36. The molecule has 1 atom stereocenters. The standard InChI is InChI=1S/C27H28N2O3/c30-20-23-11-5-7-13-26(23)32-25-12-6-4-10-22(25)14-15-27(31)29-17-16-28-19-24(29)18-21-8-2-1-3-9-21/h1-13,20,24,28H,14-19H2/t24-/m1/s1. The minimum Gasteiger partial charge on any atom is -0.456 e. The Bertz CT molecular complexity index is 1050. The lowest BCUT2D eigenvalue weighted by molar-refractivity contribution is -0.134. The number of ether oxygens (including phenoxy) is 1. The second-order valence-electron chi connectivity index (χ2n) is 8.00. The van der Waals surface area contributed by atoms with Crippen LogP contribution >= 0.6 is 0 Å². The lowest BCUT2D eigenvalue weighted by Gasteiger charge is -2.36. The van der Waals surface area contributed by atoms with E-state index in [4.69, 9.17) is 4.74 Å². The first-order chi connectivity index (χ1) is 15.7. The molecular formula is C27H28N2O3. The van der Waals surface area contributed by atoms with E-state index in [0.29, 0.717) is 29.9 Å². The van der Waals surface area contributed by atoms with Gasteiger partial charge in [0.05, 0.1) is 5.56 Å². The number of hydrogen-bond donors (Lipinski definition) is 1. The van der Waals surface area contributed by atoms with Gasteiger partial charge in [0, 0.05) is 32.1 Å². The van der Waals surface area contributed by atoms with Crippen LogP contribution in [0.2, 0.25) is 0 Å². The van der Waals surface area contributed by atoms with Crippen LogP contribution in [0.1, 0.15) is 27.9 Å². The highest BCUT2D eigenvalue weighted by molar-refractivity contribution is 5.79. The summed E-state index contributed by atoms with van der Waals surface area (Å²) in [5, 5.41) is 3.42. The summed E-state index contributed by atoms with van der Waals surface area (Å²) in [6.07, 6.45) is 2.64. The van der Waals surface area contributed by atoms with Crippen LogP contribution in [-0.4, -0.2) is 42.8 Å². The molecule has 1 N–H and O–H groups in total. The van der Waals surface area contributed by atoms with E-state index in [1.807, 2.05) is 53.4 Å². The van der Waals surface area contributed by atoms with E-state index in [-0.39, 0.29) is 11.9 Å². The molecule has 32 heavy (non-hydrogen) atoms. The summed E-state index contributed by atoms with van der Waals surface area (Å²) < 4.78 is 6.04. The third kappa shape index (κ3) is 5.42. The van der Waals surface area contributed by atoms with Crippen molar-refractivity contribution in [1.82, 2.24) is 10.2 Å². The monoisotopic (exact) mass is 428 g/mol. The van der Waals surface area contributed by atoms with E-state index in [9.17, 15) is 9.59 Å². The van der Waals surface area contributed by atoms with Crippen molar-refractivity contribution in [3.8, 4) is 11.5 Å². The van der Waals surface area contributed by atoms with Crippen LogP contribution in [-0.2, 0) is 17.6 Å². The van der Waals surface area contributed by atoms with Crippen molar-refractivity contribution in [3.05, 3.63) is 95.6 Å². The largest absolute Gasteiger partial charge is 0.456 e. The van der Waals surface area contributed by atoms with Gasteiger partial charge in [-0.2, -0.15) is 0 Å². The van der Waals surface area contributed by atoms with E-state index in [1.54, 1.807) is 18.2 Å². The molecule has 0 aliphatic carbocycles. The number of amides is 1. The Morgan fingerprint density at radius 2 is 1.69 bits per heavy atom. The summed E-state index contributed by atoms with van der Waals surface area (Å²) in [7, 11) is 0. The van der Waals surface area contributed by atoms with E-state index < -0.39 is 0 Å². The molecule has 164 valence electrons. The number of hydrogen-bond acceptors (Lipinski definition) is 4. The molecule has 0 unspecified atom stereocenters. The topological polar surface area (TPSA) is 58.6 Å². The summed E-state index contributed by atoms with van der Waals surface area (Å²) >= 11 is 0. The molecule has 5 heteroatoms. The highest BCUT2D eigenvalue weighted by Gasteiger charge is 2.26. The van der Waals surface area contributed by atoms with Crippen molar-refractivity contribution in [1.29, 1.82) is 0 Å². The fourth-order valence-corrected chi connectivity index (χ4v) is 4.14. The first kappa shape index (κ1) is 21.8. The zero-order valence-electron chi connectivity index (χ0n) is 18.1. The van der Waals surface area contributed by atoms with Crippen LogP contribution in [0, 0.1) is 0 Å². The maximum atomic E-state index is 13.2. The molecule has 1 amide bonds. The molecule has 4 rings (SSSR count). The lowest BCUT2D eigenvalue weighted by Crippen LogP contribution is -2.54. The molecule has 5 nitrogen and oxygen atoms in total. The van der Waals surface area contributed by atoms with Gasteiger partial charge >= 0.3 is 0 Å². The molecule has 1 heterocycles. The molecule has 1 aliphatic rings. The van der Waals surface area contributed by atoms with Gasteiger partial charge in [-0.1, -0.05) is 60.7 Å². The van der Waals surface area contributed by atoms with Crippen LogP contribution in [0.5, 0.6) is 11.5 Å². The number of benzene rings is 3. The molecule has 1 fully saturated rings. The maximum Gasteiger partial charge on any atom is 0.223 e. The molecule has 1 aliphatic heterocycles. The minimum atomic E-state index is 0.157. The molecule has 1 saturated heterocycles. The second kappa shape index (κ2) is 10.7. The summed E-state index contributed by atoms with van der Waals surface area (Å²) in [6.45, 7) is 2.35. The van der Waals surface area contributed by atoms with Gasteiger partial charge in [0.15, 0.2) is 6.29 Å². The van der Waals surface area contributed by atoms with Crippen LogP contribution in [0.3, 0.4) is 0 Å². The second-order valence-corrected chi connectivity index (χ2v) is 8.00. The fourth-order valence-electron chi connectivity index (χ4n) is 4.14. The predicted molar refractivity (Wildman–Crippen MR) is 125 cm³/mol. The van der Waals surface area contributed by atoms with Gasteiger partial charge in [0.1, 0.15) is 11.5 Å². The third-order valence-corrected chi connectivity index (χ3v) is 5.83. The zero-order chi connectivity index (χ0) is 22.2. The Kier molecular flexibility index (Phi) is 7.31. The van der Waals surface area contributed by atoms with Crippen molar-refractivity contribution >= 4 is 12.2 Å². The average molecular weight is 429 g/mol. The Morgan fingerprint density at radius 1 is 0.969 bits per heavy atom. The Labute approximate surface area is 189 Å². The van der Waals surface area contributed by atoms with Crippen molar-refractivity contribution < 1.29 is 14.3 Å². The van der Waals surface area contributed by atoms with E-state index in [2.05, 4.69) is 17.4 Å². The van der Waals surface area contributed by atoms with Crippen molar-refractivity contribution in [3.63, 3.8) is 0 Å². The lowest BCUT2D eigenvalue weighted by atomic mass is 10.0. The van der Waals surface area contributed by atoms with Crippen molar-refractivity contribution in [2.75, 3.05) is 19.6 Å². The normalized spacial score (nSPS) is 15.9. The number of carbonyl (C=O) groups is 2. The van der Waals surface area contributed by atoms with Gasteiger partial charge in [-0.3, -0.25) is 9.59 Å². The van der Waals surface area contributed by atoms with Gasteiger partial charge in [-0.05, 0) is 42.2 Å². The number of rotatable bonds is 8. The van der Waals surface area contributed by atoms with Gasteiger partial charge in [0.2, 0.25) is 5.91 Å². The smallest absolute Gasteiger partial charge is 0.223 e. The molecule has 0 saturated carbocycles. The van der Waals surface area contributed by atoms with E-state index >= 15 is 0 Å². The van der Waals surface area contributed by atoms with E-state index in [0.717, 1.165) is 37.9 Å². The Hall–Kier alpha value is -3.44. The summed E-state index contributed by atoms with van der Waals surface area (Å²) in [5.41, 5.74) is 2.70. The number of aldehydes is 1. The molecule has 3 aromatic carbocycles. The minimum absolute atomic E-state index is 0.157. The van der Waals surface area contributed by atoms with E-state index in [1.165, 1.54) is 5.56 Å². The number of piperazine rings is 1. The van der Waals surface area contributed by atoms with Crippen LogP contribution in [0.15, 0.2) is 78.9 Å². The first-order valence-electron chi connectivity index (χ1n) is 11.1. The van der Waals surface area contributed by atoms with Gasteiger partial charge in [-0.15, -0.1) is 0 Å². The SMILES string of the molecule is O=Cc1ccccc1Oc1ccccc1CCC(=O)N1CCNC[C@H]1Cc1ccccc1. The Morgan fingerprint density at radius 3 is 2.50 bits per heavy atom. The maximum absolute atomic E-state index is 13.2. The Balaban J connectivity index is 1.42. The highest BCUT2D eigenvalue weighted by atomic mass is 16.5. The van der Waals surface area contributed by atoms with Gasteiger partial charge in [0.25, 0.3) is 0 Å². The molecule has 0 aromatic heterocycles. The molecular weight excluding hydrogens is 400 g/mol. The van der Waals surface area contributed by atoms with Crippen LogP contribution in [0.25, 0.3) is 0 Å².